The largest absolute Gasteiger partial charge is 0.384 e. The summed E-state index contributed by atoms with van der Waals surface area (Å²) in [6, 6.07) is 8.22. The van der Waals surface area contributed by atoms with Crippen molar-refractivity contribution in [1.82, 2.24) is 5.32 Å². The summed E-state index contributed by atoms with van der Waals surface area (Å²) in [5.74, 6) is 0.982. The highest BCUT2D eigenvalue weighted by molar-refractivity contribution is 5.78. The van der Waals surface area contributed by atoms with E-state index in [4.69, 9.17) is 4.74 Å². The van der Waals surface area contributed by atoms with Crippen LogP contribution in [-0.4, -0.2) is 32.2 Å². The summed E-state index contributed by atoms with van der Waals surface area (Å²) >= 11 is 0. The summed E-state index contributed by atoms with van der Waals surface area (Å²) < 4.78 is 5.50. The van der Waals surface area contributed by atoms with E-state index in [0.717, 1.165) is 25.3 Å². The molecule has 2 rings (SSSR count). The summed E-state index contributed by atoms with van der Waals surface area (Å²) in [7, 11) is 0. The van der Waals surface area contributed by atoms with Crippen molar-refractivity contribution in [2.24, 2.45) is 5.92 Å². The number of ether oxygens (including phenoxy) is 1. The Bertz CT molecular complexity index is 460. The lowest BCUT2D eigenvalue weighted by Crippen LogP contribution is -2.27. The van der Waals surface area contributed by atoms with Gasteiger partial charge in [-0.2, -0.15) is 0 Å². The van der Waals surface area contributed by atoms with Crippen molar-refractivity contribution >= 4 is 11.6 Å². The number of carbonyl (C=O) groups is 1. The monoisotopic (exact) mass is 290 g/mol. The van der Waals surface area contributed by atoms with Crippen molar-refractivity contribution in [1.29, 1.82) is 0 Å². The lowest BCUT2D eigenvalue weighted by molar-refractivity contribution is -0.121. The van der Waals surface area contributed by atoms with Gasteiger partial charge in [0.05, 0.1) is 0 Å². The van der Waals surface area contributed by atoms with Crippen molar-refractivity contribution in [2.45, 2.75) is 32.6 Å². The molecule has 1 aromatic carbocycles. The molecule has 0 spiro atoms. The zero-order chi connectivity index (χ0) is 15.1. The van der Waals surface area contributed by atoms with E-state index in [2.05, 4.69) is 36.6 Å². The molecule has 0 fully saturated rings. The summed E-state index contributed by atoms with van der Waals surface area (Å²) in [5, 5.41) is 6.33. The van der Waals surface area contributed by atoms with Gasteiger partial charge in [-0.1, -0.05) is 32.0 Å². The standard InChI is InChI=1S/C17H26N2O2/c1-13(2)12-21-9-5-8-18-17(20)10-14-11-19-16-7-4-3-6-15(14)16/h3-4,6-7,13-14,19H,5,8-12H2,1-2H3,(H,18,20). The molecular weight excluding hydrogens is 264 g/mol. The van der Waals surface area contributed by atoms with Gasteiger partial charge >= 0.3 is 0 Å². The van der Waals surface area contributed by atoms with Crippen LogP contribution in [0.2, 0.25) is 0 Å². The Balaban J connectivity index is 1.62. The van der Waals surface area contributed by atoms with Gasteiger partial charge in [-0.25, -0.2) is 0 Å². The van der Waals surface area contributed by atoms with Crippen LogP contribution in [0.3, 0.4) is 0 Å². The fourth-order valence-corrected chi connectivity index (χ4v) is 2.56. The molecule has 4 nitrogen and oxygen atoms in total. The molecule has 4 heteroatoms. The highest BCUT2D eigenvalue weighted by Gasteiger charge is 2.23. The Morgan fingerprint density at radius 1 is 1.43 bits per heavy atom. The minimum Gasteiger partial charge on any atom is -0.384 e. The van der Waals surface area contributed by atoms with Gasteiger partial charge in [0.1, 0.15) is 0 Å². The van der Waals surface area contributed by atoms with E-state index in [1.165, 1.54) is 5.56 Å². The molecule has 0 saturated carbocycles. The third-order valence-electron chi connectivity index (χ3n) is 3.61. The lowest BCUT2D eigenvalue weighted by Gasteiger charge is -2.11. The summed E-state index contributed by atoms with van der Waals surface area (Å²) in [5.41, 5.74) is 2.42. The summed E-state index contributed by atoms with van der Waals surface area (Å²) in [6.45, 7) is 7.32. The first-order valence-electron chi connectivity index (χ1n) is 7.84. The first kappa shape index (κ1) is 15.8. The SMILES string of the molecule is CC(C)COCCCNC(=O)CC1CNc2ccccc21. The molecular formula is C17H26N2O2. The average Bonchev–Trinajstić information content (AvgIpc) is 2.86. The van der Waals surface area contributed by atoms with E-state index in [0.29, 0.717) is 31.4 Å². The Labute approximate surface area is 127 Å². The van der Waals surface area contributed by atoms with Crippen LogP contribution in [0.15, 0.2) is 24.3 Å². The molecule has 21 heavy (non-hydrogen) atoms. The third-order valence-corrected chi connectivity index (χ3v) is 3.61. The Morgan fingerprint density at radius 2 is 2.24 bits per heavy atom. The number of amides is 1. The van der Waals surface area contributed by atoms with E-state index in [1.807, 2.05) is 12.1 Å². The number of hydrogen-bond acceptors (Lipinski definition) is 3. The second-order valence-corrected chi connectivity index (χ2v) is 6.04. The highest BCUT2D eigenvalue weighted by Crippen LogP contribution is 2.32. The van der Waals surface area contributed by atoms with Crippen molar-refractivity contribution in [3.05, 3.63) is 29.8 Å². The van der Waals surface area contributed by atoms with Gasteiger partial charge in [-0.3, -0.25) is 4.79 Å². The number of nitrogens with one attached hydrogen (secondary N) is 2. The second-order valence-electron chi connectivity index (χ2n) is 6.04. The third kappa shape index (κ3) is 5.05. The first-order chi connectivity index (χ1) is 10.2. The van der Waals surface area contributed by atoms with E-state index >= 15 is 0 Å². The number of benzene rings is 1. The smallest absolute Gasteiger partial charge is 0.220 e. The molecule has 0 saturated heterocycles. The molecule has 1 aliphatic rings. The summed E-state index contributed by atoms with van der Waals surface area (Å²) in [4.78, 5) is 12.0. The van der Waals surface area contributed by atoms with E-state index in [9.17, 15) is 4.79 Å². The minimum atomic E-state index is 0.127. The molecule has 1 aromatic rings. The van der Waals surface area contributed by atoms with Crippen LogP contribution in [0, 0.1) is 5.92 Å². The molecule has 1 aliphatic heterocycles. The van der Waals surface area contributed by atoms with Crippen molar-refractivity contribution in [3.63, 3.8) is 0 Å². The van der Waals surface area contributed by atoms with Crippen LogP contribution in [0.25, 0.3) is 0 Å². The van der Waals surface area contributed by atoms with Gasteiger partial charge in [0.25, 0.3) is 0 Å². The molecule has 116 valence electrons. The number of fused-ring (bicyclic) bond motifs is 1. The maximum atomic E-state index is 12.0. The van der Waals surface area contributed by atoms with Gasteiger partial charge in [-0.05, 0) is 24.0 Å². The highest BCUT2D eigenvalue weighted by atomic mass is 16.5. The minimum absolute atomic E-state index is 0.127. The molecule has 0 radical (unpaired) electrons. The fourth-order valence-electron chi connectivity index (χ4n) is 2.56. The molecule has 1 amide bonds. The quantitative estimate of drug-likeness (QED) is 0.724. The molecule has 0 bridgehead atoms. The normalized spacial score (nSPS) is 16.6. The molecule has 0 aliphatic carbocycles. The van der Waals surface area contributed by atoms with E-state index < -0.39 is 0 Å². The van der Waals surface area contributed by atoms with Crippen LogP contribution in [0.1, 0.15) is 38.2 Å². The Morgan fingerprint density at radius 3 is 3.05 bits per heavy atom. The number of carbonyl (C=O) groups excluding carboxylic acids is 1. The van der Waals surface area contributed by atoms with Crippen LogP contribution in [0.5, 0.6) is 0 Å². The molecule has 1 heterocycles. The predicted molar refractivity (Wildman–Crippen MR) is 85.6 cm³/mol. The van der Waals surface area contributed by atoms with E-state index in [1.54, 1.807) is 0 Å². The maximum absolute atomic E-state index is 12.0. The zero-order valence-electron chi connectivity index (χ0n) is 13.0. The van der Waals surface area contributed by atoms with Gasteiger partial charge in [0.15, 0.2) is 0 Å². The molecule has 1 unspecified atom stereocenters. The second kappa shape index (κ2) is 8.03. The van der Waals surface area contributed by atoms with Crippen molar-refractivity contribution in [3.8, 4) is 0 Å². The number of para-hydroxylation sites is 1. The summed E-state index contributed by atoms with van der Waals surface area (Å²) in [6.07, 6.45) is 1.43. The van der Waals surface area contributed by atoms with Crippen LogP contribution in [-0.2, 0) is 9.53 Å². The van der Waals surface area contributed by atoms with Gasteiger partial charge in [0.2, 0.25) is 5.91 Å². The number of hydrogen-bond donors (Lipinski definition) is 2. The molecule has 2 N–H and O–H groups in total. The van der Waals surface area contributed by atoms with Crippen molar-refractivity contribution in [2.75, 3.05) is 31.6 Å². The fraction of sp³-hybridized carbons (Fsp3) is 0.588. The molecule has 1 atom stereocenters. The average molecular weight is 290 g/mol. The van der Waals surface area contributed by atoms with Crippen molar-refractivity contribution < 1.29 is 9.53 Å². The van der Waals surface area contributed by atoms with Gasteiger partial charge in [0, 0.05) is 44.3 Å². The van der Waals surface area contributed by atoms with Gasteiger partial charge < -0.3 is 15.4 Å². The number of anilines is 1. The first-order valence-corrected chi connectivity index (χ1v) is 7.84. The van der Waals surface area contributed by atoms with E-state index in [-0.39, 0.29) is 5.91 Å². The maximum Gasteiger partial charge on any atom is 0.220 e. The number of rotatable bonds is 8. The lowest BCUT2D eigenvalue weighted by atomic mass is 9.97. The topological polar surface area (TPSA) is 50.4 Å². The van der Waals surface area contributed by atoms with Crippen LogP contribution >= 0.6 is 0 Å². The van der Waals surface area contributed by atoms with Gasteiger partial charge in [-0.15, -0.1) is 0 Å². The Kier molecular flexibility index (Phi) is 6.05. The Hall–Kier alpha value is -1.55. The van der Waals surface area contributed by atoms with Crippen LogP contribution < -0.4 is 10.6 Å². The zero-order valence-corrected chi connectivity index (χ0v) is 13.0. The predicted octanol–water partition coefficient (Wildman–Crippen LogP) is 2.76. The van der Waals surface area contributed by atoms with Crippen LogP contribution in [0.4, 0.5) is 5.69 Å². The molecule has 0 aromatic heterocycles.